The van der Waals surface area contributed by atoms with Crippen LogP contribution in [0.5, 0.6) is 0 Å². The highest BCUT2D eigenvalue weighted by Crippen LogP contribution is 2.27. The molecule has 1 fully saturated rings. The molecule has 4 rings (SSSR count). The molecule has 134 valence electrons. The van der Waals surface area contributed by atoms with Gasteiger partial charge in [-0.05, 0) is 61.9 Å². The summed E-state index contributed by atoms with van der Waals surface area (Å²) in [5.41, 5.74) is 11.2. The summed E-state index contributed by atoms with van der Waals surface area (Å²) in [4.78, 5) is 11.9. The summed E-state index contributed by atoms with van der Waals surface area (Å²) in [5.74, 6) is 0.995. The van der Waals surface area contributed by atoms with Crippen molar-refractivity contribution in [2.45, 2.75) is 38.6 Å². The molecule has 1 aromatic heterocycles. The Balaban J connectivity index is 1.67. The minimum absolute atomic E-state index is 0.323. The molecule has 26 heavy (non-hydrogen) atoms. The van der Waals surface area contributed by atoms with Gasteiger partial charge in [0.05, 0.1) is 17.2 Å². The van der Waals surface area contributed by atoms with E-state index in [1.807, 2.05) is 20.0 Å². The van der Waals surface area contributed by atoms with Crippen molar-refractivity contribution >= 4 is 16.9 Å². The Morgan fingerprint density at radius 2 is 1.58 bits per heavy atom. The number of nitrogens with two attached hydrogens (primary N) is 1. The number of nitrogens with zero attached hydrogens (tertiary/aromatic N) is 3. The largest absolute Gasteiger partial charge is 0.355 e. The molecule has 0 atom stereocenters. The van der Waals surface area contributed by atoms with Crippen LogP contribution in [0.1, 0.15) is 38.7 Å². The van der Waals surface area contributed by atoms with Crippen molar-refractivity contribution in [1.29, 1.82) is 0 Å². The maximum Gasteiger partial charge on any atom is 0.147 e. The van der Waals surface area contributed by atoms with Gasteiger partial charge in [0.15, 0.2) is 0 Å². The standard InChI is InChI=1S/C22H26N4/c1-22(2,23)18-9-6-16(7-10-18)17-8-11-19-20(14-17)25-21(15-24-19)26-12-4-3-5-13-26/h6-11,14-15H,3-5,12-13,23H2,1-2H3. The van der Waals surface area contributed by atoms with Gasteiger partial charge < -0.3 is 10.6 Å². The minimum atomic E-state index is -0.323. The first-order valence-corrected chi connectivity index (χ1v) is 9.42. The van der Waals surface area contributed by atoms with Crippen LogP contribution in [0, 0.1) is 0 Å². The molecule has 1 aliphatic heterocycles. The fourth-order valence-electron chi connectivity index (χ4n) is 3.55. The Kier molecular flexibility index (Phi) is 4.37. The summed E-state index contributed by atoms with van der Waals surface area (Å²) in [5, 5.41) is 0. The molecule has 0 amide bonds. The van der Waals surface area contributed by atoms with Crippen LogP contribution >= 0.6 is 0 Å². The third kappa shape index (κ3) is 3.42. The Morgan fingerprint density at radius 1 is 0.885 bits per heavy atom. The van der Waals surface area contributed by atoms with Gasteiger partial charge in [-0.15, -0.1) is 0 Å². The van der Waals surface area contributed by atoms with E-state index in [1.54, 1.807) is 0 Å². The molecule has 0 aliphatic carbocycles. The van der Waals surface area contributed by atoms with Crippen LogP contribution in [0.25, 0.3) is 22.2 Å². The lowest BCUT2D eigenvalue weighted by atomic mass is 9.93. The van der Waals surface area contributed by atoms with E-state index >= 15 is 0 Å². The number of fused-ring (bicyclic) bond motifs is 1. The fraction of sp³-hybridized carbons (Fsp3) is 0.364. The first kappa shape index (κ1) is 17.0. The molecule has 4 heteroatoms. The van der Waals surface area contributed by atoms with E-state index in [4.69, 9.17) is 10.7 Å². The smallest absolute Gasteiger partial charge is 0.147 e. The quantitative estimate of drug-likeness (QED) is 0.759. The number of piperidine rings is 1. The first-order valence-electron chi connectivity index (χ1n) is 9.42. The molecule has 0 unspecified atom stereocenters. The molecule has 0 spiro atoms. The second-order valence-electron chi connectivity index (χ2n) is 7.78. The Hall–Kier alpha value is -2.46. The van der Waals surface area contributed by atoms with Crippen LogP contribution < -0.4 is 10.6 Å². The van der Waals surface area contributed by atoms with Crippen molar-refractivity contribution in [2.24, 2.45) is 5.73 Å². The average molecular weight is 346 g/mol. The molecule has 0 bridgehead atoms. The lowest BCUT2D eigenvalue weighted by molar-refractivity contribution is 0.554. The zero-order valence-corrected chi connectivity index (χ0v) is 15.6. The summed E-state index contributed by atoms with van der Waals surface area (Å²) in [6, 6.07) is 14.8. The molecule has 2 N–H and O–H groups in total. The van der Waals surface area contributed by atoms with E-state index in [2.05, 4.69) is 52.3 Å². The number of aromatic nitrogens is 2. The highest BCUT2D eigenvalue weighted by Gasteiger charge is 2.15. The van der Waals surface area contributed by atoms with Crippen LogP contribution in [-0.4, -0.2) is 23.1 Å². The average Bonchev–Trinajstić information content (AvgIpc) is 2.67. The van der Waals surface area contributed by atoms with E-state index < -0.39 is 0 Å². The second kappa shape index (κ2) is 6.69. The molecule has 2 heterocycles. The van der Waals surface area contributed by atoms with Crippen molar-refractivity contribution in [3.63, 3.8) is 0 Å². The fourth-order valence-corrected chi connectivity index (χ4v) is 3.55. The molecule has 0 radical (unpaired) electrons. The van der Waals surface area contributed by atoms with Gasteiger partial charge in [0, 0.05) is 18.6 Å². The van der Waals surface area contributed by atoms with E-state index in [-0.39, 0.29) is 5.54 Å². The maximum absolute atomic E-state index is 6.18. The van der Waals surface area contributed by atoms with Crippen molar-refractivity contribution in [2.75, 3.05) is 18.0 Å². The van der Waals surface area contributed by atoms with E-state index in [9.17, 15) is 0 Å². The van der Waals surface area contributed by atoms with Gasteiger partial charge in [-0.3, -0.25) is 4.98 Å². The number of hydrogen-bond acceptors (Lipinski definition) is 4. The van der Waals surface area contributed by atoms with Gasteiger partial charge in [-0.25, -0.2) is 4.98 Å². The van der Waals surface area contributed by atoms with Gasteiger partial charge in [0.2, 0.25) is 0 Å². The van der Waals surface area contributed by atoms with E-state index in [0.29, 0.717) is 0 Å². The minimum Gasteiger partial charge on any atom is -0.355 e. The lowest BCUT2D eigenvalue weighted by Crippen LogP contribution is -2.30. The van der Waals surface area contributed by atoms with Gasteiger partial charge in [-0.1, -0.05) is 30.3 Å². The van der Waals surface area contributed by atoms with Crippen LogP contribution in [0.2, 0.25) is 0 Å². The van der Waals surface area contributed by atoms with Crippen LogP contribution in [-0.2, 0) is 5.54 Å². The molecule has 1 saturated heterocycles. The Labute approximate surface area is 155 Å². The molecule has 1 aliphatic rings. The number of anilines is 1. The van der Waals surface area contributed by atoms with Gasteiger partial charge in [-0.2, -0.15) is 0 Å². The summed E-state index contributed by atoms with van der Waals surface area (Å²) in [6.45, 7) is 6.21. The van der Waals surface area contributed by atoms with Crippen molar-refractivity contribution in [1.82, 2.24) is 9.97 Å². The molecule has 0 saturated carbocycles. The van der Waals surface area contributed by atoms with Gasteiger partial charge in [0.1, 0.15) is 5.82 Å². The van der Waals surface area contributed by atoms with Gasteiger partial charge >= 0.3 is 0 Å². The first-order chi connectivity index (χ1) is 12.5. The molecule has 2 aromatic carbocycles. The topological polar surface area (TPSA) is 55.0 Å². The third-order valence-electron chi connectivity index (χ3n) is 5.17. The molecule has 3 aromatic rings. The highest BCUT2D eigenvalue weighted by molar-refractivity contribution is 5.82. The van der Waals surface area contributed by atoms with E-state index in [0.717, 1.165) is 41.1 Å². The number of hydrogen-bond donors (Lipinski definition) is 1. The molecular formula is C22H26N4. The second-order valence-corrected chi connectivity index (χ2v) is 7.78. The predicted octanol–water partition coefficient (Wildman–Crippen LogP) is 4.48. The summed E-state index contributed by atoms with van der Waals surface area (Å²) in [7, 11) is 0. The zero-order chi connectivity index (χ0) is 18.1. The Bertz CT molecular complexity index is 904. The number of benzene rings is 2. The molecular weight excluding hydrogens is 320 g/mol. The van der Waals surface area contributed by atoms with Crippen molar-refractivity contribution in [3.05, 3.63) is 54.2 Å². The van der Waals surface area contributed by atoms with E-state index in [1.165, 1.54) is 24.8 Å². The monoisotopic (exact) mass is 346 g/mol. The third-order valence-corrected chi connectivity index (χ3v) is 5.17. The van der Waals surface area contributed by atoms with Crippen LogP contribution in [0.15, 0.2) is 48.7 Å². The summed E-state index contributed by atoms with van der Waals surface area (Å²) in [6.07, 6.45) is 5.70. The molecule has 4 nitrogen and oxygen atoms in total. The Morgan fingerprint density at radius 3 is 2.27 bits per heavy atom. The van der Waals surface area contributed by atoms with Crippen molar-refractivity contribution < 1.29 is 0 Å². The number of rotatable bonds is 3. The maximum atomic E-state index is 6.18. The van der Waals surface area contributed by atoms with Crippen LogP contribution in [0.3, 0.4) is 0 Å². The highest BCUT2D eigenvalue weighted by atomic mass is 15.2. The zero-order valence-electron chi connectivity index (χ0n) is 15.6. The summed E-state index contributed by atoms with van der Waals surface area (Å²) >= 11 is 0. The van der Waals surface area contributed by atoms with Crippen LogP contribution in [0.4, 0.5) is 5.82 Å². The van der Waals surface area contributed by atoms with Gasteiger partial charge in [0.25, 0.3) is 0 Å². The SMILES string of the molecule is CC(C)(N)c1ccc(-c2ccc3ncc(N4CCCCC4)nc3c2)cc1. The van der Waals surface area contributed by atoms with Crippen molar-refractivity contribution in [3.8, 4) is 11.1 Å². The predicted molar refractivity (Wildman–Crippen MR) is 108 cm³/mol. The normalized spacial score (nSPS) is 15.4. The lowest BCUT2D eigenvalue weighted by Gasteiger charge is -2.27. The summed E-state index contributed by atoms with van der Waals surface area (Å²) < 4.78 is 0.